The van der Waals surface area contributed by atoms with Gasteiger partial charge >= 0.3 is 0 Å². The number of Topliss-reactive ketones (excluding diaryl/α,β-unsaturated/α-hetero) is 2. The number of ether oxygens (including phenoxy) is 2. The highest BCUT2D eigenvalue weighted by molar-refractivity contribution is 7.46. The monoisotopic (exact) mass is 1270 g/mol. The fourth-order valence-electron chi connectivity index (χ4n) is 9.30. The number of carbonyl (C=O) groups is 6. The van der Waals surface area contributed by atoms with E-state index in [1.165, 1.54) is 64.2 Å². The lowest BCUT2D eigenvalue weighted by molar-refractivity contribution is -0.227. The van der Waals surface area contributed by atoms with E-state index in [4.69, 9.17) is 27.6 Å². The average Bonchev–Trinajstić information content (AvgIpc) is 3.48. The van der Waals surface area contributed by atoms with Gasteiger partial charge in [-0.25, -0.2) is 0 Å². The summed E-state index contributed by atoms with van der Waals surface area (Å²) in [5.74, 6) is -2.91. The zero-order valence-corrected chi connectivity index (χ0v) is 55.4. The first-order valence-electron chi connectivity index (χ1n) is 33.2. The molecule has 22 nitrogen and oxygen atoms in total. The molecule has 6 N–H and O–H groups in total. The van der Waals surface area contributed by atoms with Gasteiger partial charge in [-0.2, -0.15) is 0 Å². The molecule has 0 aliphatic heterocycles. The van der Waals surface area contributed by atoms with E-state index >= 15 is 0 Å². The van der Waals surface area contributed by atoms with Crippen molar-refractivity contribution in [2.24, 2.45) is 0 Å². The average molecular weight is 1270 g/mol. The minimum absolute atomic E-state index is 0.142. The molecule has 0 rings (SSSR count). The second-order valence-electron chi connectivity index (χ2n) is 22.9. The Labute approximate surface area is 517 Å². The largest absolute Gasteiger partial charge is 0.756 e. The number of phosphoric acid groups is 2. The predicted molar refractivity (Wildman–Crippen MR) is 331 cm³/mol. The first-order valence-corrected chi connectivity index (χ1v) is 36.1. The Bertz CT molecular complexity index is 1690. The Morgan fingerprint density at radius 2 is 0.674 bits per heavy atom. The molecule has 0 aromatic heterocycles. The van der Waals surface area contributed by atoms with Crippen molar-refractivity contribution in [2.75, 3.05) is 65.9 Å². The molecule has 506 valence electrons. The van der Waals surface area contributed by atoms with Crippen LogP contribution < -0.4 is 31.1 Å². The van der Waals surface area contributed by atoms with Crippen molar-refractivity contribution in [3.8, 4) is 0 Å². The molecule has 0 fully saturated rings. The number of unbranched alkanes of at least 4 members (excludes halogenated alkanes) is 24. The highest BCUT2D eigenvalue weighted by Gasteiger charge is 2.22. The maximum atomic E-state index is 12.9. The first kappa shape index (κ1) is 83.3. The van der Waals surface area contributed by atoms with Crippen LogP contribution in [-0.4, -0.2) is 136 Å². The smallest absolute Gasteiger partial charge is 0.268 e. The molecule has 0 spiro atoms. The summed E-state index contributed by atoms with van der Waals surface area (Å²) < 4.78 is 56.7. The predicted octanol–water partition coefficient (Wildman–Crippen LogP) is 9.99. The molecule has 0 heterocycles. The van der Waals surface area contributed by atoms with Gasteiger partial charge in [0.05, 0.1) is 76.8 Å². The van der Waals surface area contributed by atoms with Gasteiger partial charge in [-0.05, 0) is 38.5 Å². The summed E-state index contributed by atoms with van der Waals surface area (Å²) in [6.07, 6.45) is 30.0. The van der Waals surface area contributed by atoms with Gasteiger partial charge < -0.3 is 68.8 Å². The van der Waals surface area contributed by atoms with Crippen LogP contribution >= 0.6 is 15.6 Å². The molecule has 0 aromatic carbocycles. The normalized spacial score (nSPS) is 14.4. The molecule has 0 aliphatic carbocycles. The number of nitrogens with one attached hydrogen (secondary N) is 4. The third-order valence-corrected chi connectivity index (χ3v) is 16.4. The first-order chi connectivity index (χ1) is 41.3. The number of hydrogen-bond acceptors (Lipinski definition) is 18. The highest BCUT2D eigenvalue weighted by Crippen LogP contribution is 2.39. The zero-order valence-electron chi connectivity index (χ0n) is 53.6. The Morgan fingerprint density at radius 1 is 0.372 bits per heavy atom. The topological polar surface area (TPSA) is 327 Å². The number of amides is 4. The quantitative estimate of drug-likeness (QED) is 0.0187. The van der Waals surface area contributed by atoms with Crippen LogP contribution in [0.5, 0.6) is 0 Å². The van der Waals surface area contributed by atoms with Gasteiger partial charge in [-0.1, -0.05) is 195 Å². The van der Waals surface area contributed by atoms with Gasteiger partial charge in [-0.3, -0.25) is 37.9 Å². The fraction of sp³-hybridized carbons (Fsp3) is 0.903. The summed E-state index contributed by atoms with van der Waals surface area (Å²) in [5, 5.41) is 30.9. The van der Waals surface area contributed by atoms with Crippen LogP contribution in [0.3, 0.4) is 0 Å². The van der Waals surface area contributed by atoms with Crippen molar-refractivity contribution in [1.29, 1.82) is 0 Å². The van der Waals surface area contributed by atoms with Crippen molar-refractivity contribution < 1.29 is 85.5 Å². The molecule has 0 bridgehead atoms. The zero-order chi connectivity index (χ0) is 63.8. The number of hydrogen-bond donors (Lipinski definition) is 6. The van der Waals surface area contributed by atoms with E-state index in [9.17, 15) is 57.9 Å². The van der Waals surface area contributed by atoms with Gasteiger partial charge in [0.15, 0.2) is 0 Å². The Balaban J connectivity index is 4.96. The Morgan fingerprint density at radius 3 is 1.00 bits per heavy atom. The van der Waals surface area contributed by atoms with Crippen LogP contribution in [0, 0.1) is 0 Å². The maximum Gasteiger partial charge on any atom is 0.268 e. The molecule has 6 atom stereocenters. The van der Waals surface area contributed by atoms with Gasteiger partial charge in [0, 0.05) is 52.0 Å². The number of ketones is 2. The third kappa shape index (κ3) is 56.5. The van der Waals surface area contributed by atoms with Crippen LogP contribution in [0.2, 0.25) is 0 Å². The van der Waals surface area contributed by atoms with Crippen LogP contribution in [-0.2, 0) is 65.5 Å². The Kier molecular flexibility index (Phi) is 55.6. The molecule has 0 radical (unpaired) electrons. The van der Waals surface area contributed by atoms with Crippen LogP contribution in [0.4, 0.5) is 0 Å². The van der Waals surface area contributed by atoms with Gasteiger partial charge in [0.25, 0.3) is 15.6 Å². The van der Waals surface area contributed by atoms with Crippen LogP contribution in [0.25, 0.3) is 0 Å². The molecule has 86 heavy (non-hydrogen) atoms. The molecular weight excluding hydrogens is 1150 g/mol. The molecule has 6 unspecified atom stereocenters. The summed E-state index contributed by atoms with van der Waals surface area (Å²) in [6, 6.07) is -1.95. The highest BCUT2D eigenvalue weighted by atomic mass is 31.2. The van der Waals surface area contributed by atoms with Crippen molar-refractivity contribution >= 4 is 50.8 Å². The molecule has 0 aromatic rings. The molecule has 0 aliphatic rings. The summed E-state index contributed by atoms with van der Waals surface area (Å²) in [4.78, 5) is 101. The summed E-state index contributed by atoms with van der Waals surface area (Å²) in [7, 11) is -9.94. The maximum absolute atomic E-state index is 12.9. The summed E-state index contributed by atoms with van der Waals surface area (Å²) in [5.41, 5.74) is 0. The molecule has 24 heteroatoms. The molecular formula is C62H118N4O18P2-2. The van der Waals surface area contributed by atoms with E-state index in [0.717, 1.165) is 103 Å². The number of phosphoric ester groups is 2. The van der Waals surface area contributed by atoms with E-state index in [1.54, 1.807) is 0 Å². The van der Waals surface area contributed by atoms with Gasteiger partial charge in [0.2, 0.25) is 23.6 Å². The van der Waals surface area contributed by atoms with E-state index in [0.29, 0.717) is 38.5 Å². The number of aliphatic hydroxyl groups excluding tert-OH is 2. The van der Waals surface area contributed by atoms with E-state index in [2.05, 4.69) is 49.0 Å². The molecule has 0 saturated carbocycles. The van der Waals surface area contributed by atoms with E-state index in [1.807, 2.05) is 0 Å². The minimum atomic E-state index is -4.97. The third-order valence-electron chi connectivity index (χ3n) is 14.5. The van der Waals surface area contributed by atoms with Crippen molar-refractivity contribution in [3.05, 3.63) is 0 Å². The Hall–Kier alpha value is -2.72. The second-order valence-corrected chi connectivity index (χ2v) is 25.7. The SMILES string of the molecule is CCCCCCCCCCCC(=O)CC(=O)NC(COCCC(O)CCCCCCC)COP(=O)([O-])OCCNC(=O)CCC(=O)NCCOP(=O)([O-])OCC(COCCC(O)CCCCCCC)NC(=O)CC(=O)CCCCCCCCCCC. The minimum Gasteiger partial charge on any atom is -0.756 e. The van der Waals surface area contributed by atoms with Crippen molar-refractivity contribution in [1.82, 2.24) is 21.3 Å². The van der Waals surface area contributed by atoms with E-state index in [-0.39, 0.29) is 89.6 Å². The lowest BCUT2D eigenvalue weighted by atomic mass is 10.0. The standard InChI is InChI=1S/C62H120N4O18P2/c1-5-9-13-17-19-21-23-27-31-35-57(69)47-61(73)65-53(49-79-43-39-55(67)33-29-25-15-11-7-3)51-83-85(75,76)81-45-41-63-59(71)37-38-60(72)64-42-46-82-86(77,78)84-52-54(50-80-44-40-56(68)34-30-26-16-12-8-4)66-62(74)48-58(70)36-32-28-24-22-20-18-14-10-6-2/h53-56,67-68H,5-52H2,1-4H3,(H,63,71)(H,64,72)(H,65,73)(H,66,74)(H,75,76)(H,77,78)/p-2. The lowest BCUT2D eigenvalue weighted by Crippen LogP contribution is -2.42. The molecule has 4 amide bonds. The summed E-state index contributed by atoms with van der Waals surface area (Å²) in [6.45, 7) is 5.85. The van der Waals surface area contributed by atoms with Gasteiger partial charge in [-0.15, -0.1) is 0 Å². The number of aliphatic hydroxyl groups is 2. The second kappa shape index (κ2) is 57.4. The fourth-order valence-corrected chi connectivity index (χ4v) is 10.8. The lowest BCUT2D eigenvalue weighted by Gasteiger charge is -2.26. The van der Waals surface area contributed by atoms with Crippen LogP contribution in [0.1, 0.15) is 272 Å². The van der Waals surface area contributed by atoms with Crippen molar-refractivity contribution in [2.45, 2.75) is 296 Å². The number of rotatable bonds is 65. The summed E-state index contributed by atoms with van der Waals surface area (Å²) >= 11 is 0. The van der Waals surface area contributed by atoms with E-state index < -0.39 is 90.0 Å². The van der Waals surface area contributed by atoms with Crippen LogP contribution in [0.15, 0.2) is 0 Å². The van der Waals surface area contributed by atoms with Crippen molar-refractivity contribution in [3.63, 3.8) is 0 Å². The molecule has 0 saturated heterocycles. The van der Waals surface area contributed by atoms with Gasteiger partial charge in [0.1, 0.15) is 11.6 Å². The number of carbonyl (C=O) groups excluding carboxylic acids is 6.